The number of likely N-dealkylation sites (N-methyl/N-ethyl adjacent to an activating group) is 1. The van der Waals surface area contributed by atoms with Crippen molar-refractivity contribution in [1.82, 2.24) is 9.88 Å². The van der Waals surface area contributed by atoms with Crippen LogP contribution in [0.1, 0.15) is 6.92 Å². The Morgan fingerprint density at radius 2 is 2.16 bits per heavy atom. The number of hydrogen-bond donors (Lipinski definition) is 1. The third kappa shape index (κ3) is 5.04. The van der Waals surface area contributed by atoms with Crippen molar-refractivity contribution in [3.05, 3.63) is 23.5 Å². The molecule has 0 aromatic carbocycles. The van der Waals surface area contributed by atoms with Gasteiger partial charge in [-0.25, -0.2) is 4.98 Å². The van der Waals surface area contributed by atoms with Crippen molar-refractivity contribution in [2.75, 3.05) is 38.6 Å². The Morgan fingerprint density at radius 1 is 1.47 bits per heavy atom. The average Bonchev–Trinajstić information content (AvgIpc) is 2.34. The first-order valence-electron chi connectivity index (χ1n) is 6.14. The fourth-order valence-corrected chi connectivity index (χ4v) is 1.89. The van der Waals surface area contributed by atoms with Crippen molar-refractivity contribution in [3.8, 4) is 0 Å². The van der Waals surface area contributed by atoms with E-state index in [1.807, 2.05) is 30.0 Å². The molecule has 0 bridgehead atoms. The summed E-state index contributed by atoms with van der Waals surface area (Å²) in [5, 5.41) is 9.44. The quantitative estimate of drug-likeness (QED) is 0.775. The van der Waals surface area contributed by atoms with E-state index in [0.717, 1.165) is 12.2 Å². The maximum atomic E-state index is 11.0. The van der Waals surface area contributed by atoms with E-state index in [0.29, 0.717) is 18.2 Å². The zero-order chi connectivity index (χ0) is 14.4. The van der Waals surface area contributed by atoms with Gasteiger partial charge < -0.3 is 14.9 Å². The molecule has 1 rings (SSSR count). The number of carbonyl (C=O) groups is 1. The SMILES string of the molecule is CC(CN(CCN(C)C)c1cccnc1Cl)C(=O)O. The van der Waals surface area contributed by atoms with Crippen LogP contribution < -0.4 is 4.90 Å². The summed E-state index contributed by atoms with van der Waals surface area (Å²) >= 11 is 6.08. The number of halogens is 1. The standard InChI is InChI=1S/C13H20ClN3O2/c1-10(13(18)19)9-17(8-7-16(2)3)11-5-4-6-15-12(11)14/h4-6,10H,7-9H2,1-3H3,(H,18,19). The number of anilines is 1. The predicted octanol–water partition coefficient (Wildman–Crippen LogP) is 1.82. The van der Waals surface area contributed by atoms with Gasteiger partial charge in [0.05, 0.1) is 11.6 Å². The Bertz CT molecular complexity index is 426. The monoisotopic (exact) mass is 285 g/mol. The number of pyridine rings is 1. The summed E-state index contributed by atoms with van der Waals surface area (Å²) < 4.78 is 0. The third-order valence-electron chi connectivity index (χ3n) is 2.81. The maximum Gasteiger partial charge on any atom is 0.308 e. The van der Waals surface area contributed by atoms with Crippen molar-refractivity contribution < 1.29 is 9.90 Å². The van der Waals surface area contributed by atoms with Gasteiger partial charge in [0.25, 0.3) is 0 Å². The van der Waals surface area contributed by atoms with Crippen LogP contribution >= 0.6 is 11.6 Å². The summed E-state index contributed by atoms with van der Waals surface area (Å²) in [6, 6.07) is 3.66. The largest absolute Gasteiger partial charge is 0.481 e. The van der Waals surface area contributed by atoms with Gasteiger partial charge in [-0.1, -0.05) is 18.5 Å². The molecule has 0 aliphatic rings. The molecular weight excluding hydrogens is 266 g/mol. The first-order valence-corrected chi connectivity index (χ1v) is 6.52. The molecule has 1 unspecified atom stereocenters. The van der Waals surface area contributed by atoms with Gasteiger partial charge in [0.15, 0.2) is 5.15 Å². The maximum absolute atomic E-state index is 11.0. The summed E-state index contributed by atoms with van der Waals surface area (Å²) in [5.41, 5.74) is 0.777. The highest BCUT2D eigenvalue weighted by atomic mass is 35.5. The molecule has 0 fully saturated rings. The first kappa shape index (κ1) is 15.7. The van der Waals surface area contributed by atoms with Crippen LogP contribution in [0.5, 0.6) is 0 Å². The molecular formula is C13H20ClN3O2. The van der Waals surface area contributed by atoms with Crippen LogP contribution in [0.3, 0.4) is 0 Å². The van der Waals surface area contributed by atoms with Crippen molar-refractivity contribution in [3.63, 3.8) is 0 Å². The van der Waals surface area contributed by atoms with E-state index in [2.05, 4.69) is 4.98 Å². The highest BCUT2D eigenvalue weighted by Crippen LogP contribution is 2.23. The smallest absolute Gasteiger partial charge is 0.308 e. The van der Waals surface area contributed by atoms with Crippen LogP contribution in [-0.4, -0.2) is 54.7 Å². The summed E-state index contributed by atoms with van der Waals surface area (Å²) in [7, 11) is 3.95. The van der Waals surface area contributed by atoms with Crippen LogP contribution in [0.25, 0.3) is 0 Å². The van der Waals surface area contributed by atoms with E-state index in [9.17, 15) is 4.79 Å². The van der Waals surface area contributed by atoms with Crippen LogP contribution in [0.4, 0.5) is 5.69 Å². The summed E-state index contributed by atoms with van der Waals surface area (Å²) in [6.45, 7) is 3.62. The number of carboxylic acids is 1. The molecule has 1 N–H and O–H groups in total. The molecule has 1 aromatic heterocycles. The normalized spacial score (nSPS) is 12.5. The average molecular weight is 286 g/mol. The zero-order valence-corrected chi connectivity index (χ0v) is 12.3. The third-order valence-corrected chi connectivity index (χ3v) is 3.10. The number of hydrogen-bond acceptors (Lipinski definition) is 4. The van der Waals surface area contributed by atoms with Crippen LogP contribution in [0.2, 0.25) is 5.15 Å². The van der Waals surface area contributed by atoms with Gasteiger partial charge in [-0.3, -0.25) is 4.79 Å². The van der Waals surface area contributed by atoms with Gasteiger partial charge >= 0.3 is 5.97 Å². The molecule has 106 valence electrons. The second-order valence-electron chi connectivity index (χ2n) is 4.80. The molecule has 6 heteroatoms. The Kier molecular flexibility index (Phi) is 6.05. The molecule has 0 aliphatic heterocycles. The molecule has 0 amide bonds. The molecule has 0 aliphatic carbocycles. The van der Waals surface area contributed by atoms with E-state index in [1.54, 1.807) is 19.2 Å². The second-order valence-corrected chi connectivity index (χ2v) is 5.16. The Labute approximate surface area is 118 Å². The van der Waals surface area contributed by atoms with Gasteiger partial charge in [0.1, 0.15) is 0 Å². The van der Waals surface area contributed by atoms with Gasteiger partial charge in [0.2, 0.25) is 0 Å². The molecule has 1 heterocycles. The number of aliphatic carboxylic acids is 1. The molecule has 1 aromatic rings. The molecule has 0 radical (unpaired) electrons. The zero-order valence-electron chi connectivity index (χ0n) is 11.5. The molecule has 19 heavy (non-hydrogen) atoms. The number of carboxylic acid groups (broad SMARTS) is 1. The first-order chi connectivity index (χ1) is 8.91. The van der Waals surface area contributed by atoms with E-state index in [4.69, 9.17) is 16.7 Å². The second kappa shape index (κ2) is 7.31. The molecule has 1 atom stereocenters. The van der Waals surface area contributed by atoms with E-state index in [-0.39, 0.29) is 0 Å². The number of nitrogens with zero attached hydrogens (tertiary/aromatic N) is 3. The van der Waals surface area contributed by atoms with Crippen molar-refractivity contribution in [2.24, 2.45) is 5.92 Å². The minimum atomic E-state index is -0.810. The van der Waals surface area contributed by atoms with Gasteiger partial charge in [-0.05, 0) is 26.2 Å². The molecule has 5 nitrogen and oxygen atoms in total. The Balaban J connectivity index is 2.85. The highest BCUT2D eigenvalue weighted by molar-refractivity contribution is 6.32. The van der Waals surface area contributed by atoms with E-state index >= 15 is 0 Å². The van der Waals surface area contributed by atoms with Crippen LogP contribution in [-0.2, 0) is 4.79 Å². The van der Waals surface area contributed by atoms with Crippen LogP contribution in [0, 0.1) is 5.92 Å². The lowest BCUT2D eigenvalue weighted by Gasteiger charge is -2.28. The highest BCUT2D eigenvalue weighted by Gasteiger charge is 2.18. The van der Waals surface area contributed by atoms with E-state index < -0.39 is 11.9 Å². The summed E-state index contributed by atoms with van der Waals surface area (Å²) in [5.74, 6) is -1.27. The van der Waals surface area contributed by atoms with Crippen molar-refractivity contribution in [1.29, 1.82) is 0 Å². The lowest BCUT2D eigenvalue weighted by atomic mass is 10.1. The van der Waals surface area contributed by atoms with Crippen molar-refractivity contribution in [2.45, 2.75) is 6.92 Å². The lowest BCUT2D eigenvalue weighted by molar-refractivity contribution is -0.140. The van der Waals surface area contributed by atoms with Crippen LogP contribution in [0.15, 0.2) is 18.3 Å². The fourth-order valence-electron chi connectivity index (χ4n) is 1.65. The van der Waals surface area contributed by atoms with Gasteiger partial charge in [-0.15, -0.1) is 0 Å². The molecule has 0 spiro atoms. The Hall–Kier alpha value is -1.33. The Morgan fingerprint density at radius 3 is 2.68 bits per heavy atom. The van der Waals surface area contributed by atoms with Gasteiger partial charge in [-0.2, -0.15) is 0 Å². The predicted molar refractivity (Wildman–Crippen MR) is 76.8 cm³/mol. The minimum Gasteiger partial charge on any atom is -0.481 e. The van der Waals surface area contributed by atoms with E-state index in [1.165, 1.54) is 0 Å². The number of aromatic nitrogens is 1. The number of rotatable bonds is 7. The molecule has 0 saturated carbocycles. The summed E-state index contributed by atoms with van der Waals surface area (Å²) in [4.78, 5) is 19.1. The van der Waals surface area contributed by atoms with Crippen molar-refractivity contribution >= 4 is 23.3 Å². The molecule has 0 saturated heterocycles. The summed E-state index contributed by atoms with van der Waals surface area (Å²) in [6.07, 6.45) is 1.62. The topological polar surface area (TPSA) is 56.7 Å². The van der Waals surface area contributed by atoms with Gasteiger partial charge in [0, 0.05) is 25.8 Å². The fraction of sp³-hybridized carbons (Fsp3) is 0.538. The lowest BCUT2D eigenvalue weighted by Crippen LogP contribution is -2.37. The minimum absolute atomic E-state index is 0.402.